The first-order valence-corrected chi connectivity index (χ1v) is 9.19. The number of carbonyl (C=O) groups excluding carboxylic acids is 1. The summed E-state index contributed by atoms with van der Waals surface area (Å²) in [7, 11) is 4.80. The van der Waals surface area contributed by atoms with Crippen LogP contribution in [0, 0.1) is 0 Å². The lowest BCUT2D eigenvalue weighted by Crippen LogP contribution is -2.23. The average molecular weight is 396 g/mol. The molecule has 1 aromatic heterocycles. The molecule has 29 heavy (non-hydrogen) atoms. The van der Waals surface area contributed by atoms with Crippen molar-refractivity contribution in [3.8, 4) is 28.6 Å². The summed E-state index contributed by atoms with van der Waals surface area (Å²) < 4.78 is 21.5. The number of nitrogens with zero attached hydrogens (tertiary/aromatic N) is 1. The summed E-state index contributed by atoms with van der Waals surface area (Å²) in [6.45, 7) is 0.461. The third-order valence-electron chi connectivity index (χ3n) is 4.44. The molecule has 0 saturated heterocycles. The first-order valence-electron chi connectivity index (χ1n) is 9.19. The normalized spacial score (nSPS) is 10.4. The van der Waals surface area contributed by atoms with Gasteiger partial charge in [0.15, 0.2) is 11.7 Å². The molecule has 0 saturated carbocycles. The number of aromatic nitrogens is 1. The Morgan fingerprint density at radius 2 is 1.72 bits per heavy atom. The van der Waals surface area contributed by atoms with Crippen LogP contribution in [0.1, 0.15) is 17.9 Å². The van der Waals surface area contributed by atoms with E-state index in [1.165, 1.54) is 0 Å². The van der Waals surface area contributed by atoms with Gasteiger partial charge in [-0.05, 0) is 29.8 Å². The minimum atomic E-state index is -0.0670. The summed E-state index contributed by atoms with van der Waals surface area (Å²) in [5.74, 6) is 3.12. The van der Waals surface area contributed by atoms with Gasteiger partial charge >= 0.3 is 0 Å². The molecule has 0 spiro atoms. The van der Waals surface area contributed by atoms with E-state index in [1.54, 1.807) is 33.6 Å². The Bertz CT molecular complexity index is 950. The van der Waals surface area contributed by atoms with E-state index in [0.29, 0.717) is 36.1 Å². The van der Waals surface area contributed by atoms with Gasteiger partial charge in [-0.2, -0.15) is 0 Å². The molecule has 0 aliphatic rings. The highest BCUT2D eigenvalue weighted by atomic mass is 16.5. The molecule has 0 atom stereocenters. The number of benzene rings is 2. The van der Waals surface area contributed by atoms with Gasteiger partial charge in [0, 0.05) is 25.5 Å². The van der Waals surface area contributed by atoms with Gasteiger partial charge in [0.25, 0.3) is 0 Å². The van der Waals surface area contributed by atoms with Crippen LogP contribution in [-0.4, -0.2) is 32.2 Å². The summed E-state index contributed by atoms with van der Waals surface area (Å²) in [5, 5.41) is 2.89. The van der Waals surface area contributed by atoms with Crippen LogP contribution in [0.2, 0.25) is 0 Å². The Balaban J connectivity index is 1.54. The molecule has 1 heterocycles. The van der Waals surface area contributed by atoms with Crippen LogP contribution < -0.4 is 19.5 Å². The number of rotatable bonds is 9. The van der Waals surface area contributed by atoms with Crippen LogP contribution in [0.4, 0.5) is 0 Å². The van der Waals surface area contributed by atoms with Gasteiger partial charge < -0.3 is 23.9 Å². The molecular formula is C22H24N2O5. The summed E-state index contributed by atoms with van der Waals surface area (Å²) in [6.07, 6.45) is 2.33. The molecule has 152 valence electrons. The zero-order chi connectivity index (χ0) is 20.6. The molecular weight excluding hydrogens is 372 g/mol. The second-order valence-electron chi connectivity index (χ2n) is 6.31. The topological polar surface area (TPSA) is 82.8 Å². The van der Waals surface area contributed by atoms with Crippen molar-refractivity contribution in [1.29, 1.82) is 0 Å². The van der Waals surface area contributed by atoms with E-state index in [-0.39, 0.29) is 12.3 Å². The second-order valence-corrected chi connectivity index (χ2v) is 6.31. The summed E-state index contributed by atoms with van der Waals surface area (Å²) >= 11 is 0. The van der Waals surface area contributed by atoms with Crippen molar-refractivity contribution in [3.63, 3.8) is 0 Å². The molecule has 2 aromatic carbocycles. The predicted molar refractivity (Wildman–Crippen MR) is 108 cm³/mol. The highest BCUT2D eigenvalue weighted by Gasteiger charge is 2.13. The number of amides is 1. The fourth-order valence-corrected chi connectivity index (χ4v) is 2.81. The van der Waals surface area contributed by atoms with E-state index in [2.05, 4.69) is 10.3 Å². The Kier molecular flexibility index (Phi) is 6.73. The number of ether oxygens (including phenoxy) is 3. The molecule has 0 radical (unpaired) electrons. The van der Waals surface area contributed by atoms with E-state index in [4.69, 9.17) is 18.6 Å². The Labute approximate surface area is 169 Å². The van der Waals surface area contributed by atoms with E-state index >= 15 is 0 Å². The molecule has 3 rings (SSSR count). The third kappa shape index (κ3) is 5.28. The monoisotopic (exact) mass is 396 g/mol. The standard InChI is InChI=1S/C22H24N2O5/c1-26-16-6-4-15(5-7-16)13-23-21(25)10-11-22-24-14-20(29-22)18-9-8-17(27-2)12-19(18)28-3/h4-9,12,14H,10-11,13H2,1-3H3,(H,23,25). The maximum atomic E-state index is 12.1. The van der Waals surface area contributed by atoms with Crippen LogP contribution in [-0.2, 0) is 17.8 Å². The molecule has 0 aliphatic heterocycles. The van der Waals surface area contributed by atoms with Crippen molar-refractivity contribution in [2.75, 3.05) is 21.3 Å². The van der Waals surface area contributed by atoms with Gasteiger partial charge in [0.1, 0.15) is 17.2 Å². The van der Waals surface area contributed by atoms with Crippen molar-refractivity contribution in [2.24, 2.45) is 0 Å². The fraction of sp³-hybridized carbons (Fsp3) is 0.273. The first kappa shape index (κ1) is 20.3. The van der Waals surface area contributed by atoms with Crippen molar-refractivity contribution >= 4 is 5.91 Å². The van der Waals surface area contributed by atoms with Gasteiger partial charge in [-0.3, -0.25) is 4.79 Å². The molecule has 0 fully saturated rings. The maximum Gasteiger partial charge on any atom is 0.220 e. The maximum absolute atomic E-state index is 12.1. The van der Waals surface area contributed by atoms with Crippen LogP contribution in [0.5, 0.6) is 17.2 Å². The molecule has 0 aliphatic carbocycles. The van der Waals surface area contributed by atoms with Crippen molar-refractivity contribution < 1.29 is 23.4 Å². The van der Waals surface area contributed by atoms with Crippen LogP contribution in [0.15, 0.2) is 53.1 Å². The summed E-state index contributed by atoms with van der Waals surface area (Å²) in [4.78, 5) is 16.4. The number of oxazole rings is 1. The lowest BCUT2D eigenvalue weighted by Gasteiger charge is -2.08. The number of hydrogen-bond acceptors (Lipinski definition) is 6. The van der Waals surface area contributed by atoms with Crippen molar-refractivity contribution in [1.82, 2.24) is 10.3 Å². The zero-order valence-corrected chi connectivity index (χ0v) is 16.7. The predicted octanol–water partition coefficient (Wildman–Crippen LogP) is 3.62. The van der Waals surface area contributed by atoms with Gasteiger partial charge in [0.05, 0.1) is 33.1 Å². The molecule has 3 aromatic rings. The largest absolute Gasteiger partial charge is 0.497 e. The van der Waals surface area contributed by atoms with E-state index < -0.39 is 0 Å². The highest BCUT2D eigenvalue weighted by Crippen LogP contribution is 2.33. The number of methoxy groups -OCH3 is 3. The molecule has 1 N–H and O–H groups in total. The lowest BCUT2D eigenvalue weighted by molar-refractivity contribution is -0.121. The molecule has 1 amide bonds. The van der Waals surface area contributed by atoms with E-state index in [0.717, 1.165) is 16.9 Å². The van der Waals surface area contributed by atoms with Crippen LogP contribution in [0.3, 0.4) is 0 Å². The van der Waals surface area contributed by atoms with Crippen molar-refractivity contribution in [3.05, 3.63) is 60.1 Å². The van der Waals surface area contributed by atoms with Gasteiger partial charge in [-0.15, -0.1) is 0 Å². The molecule has 7 heteroatoms. The molecule has 0 bridgehead atoms. The second kappa shape index (κ2) is 9.64. The Morgan fingerprint density at radius 1 is 1.00 bits per heavy atom. The zero-order valence-electron chi connectivity index (χ0n) is 16.7. The highest BCUT2D eigenvalue weighted by molar-refractivity contribution is 5.76. The Morgan fingerprint density at radius 3 is 2.41 bits per heavy atom. The van der Waals surface area contributed by atoms with Gasteiger partial charge in [-0.1, -0.05) is 12.1 Å². The first-order chi connectivity index (χ1) is 14.1. The Hall–Kier alpha value is -3.48. The van der Waals surface area contributed by atoms with Gasteiger partial charge in [-0.25, -0.2) is 4.98 Å². The molecule has 7 nitrogen and oxygen atoms in total. The van der Waals surface area contributed by atoms with Crippen LogP contribution >= 0.6 is 0 Å². The SMILES string of the molecule is COc1ccc(CNC(=O)CCc2ncc(-c3ccc(OC)cc3OC)o2)cc1. The van der Waals surface area contributed by atoms with E-state index in [1.807, 2.05) is 36.4 Å². The van der Waals surface area contributed by atoms with Gasteiger partial charge in [0.2, 0.25) is 5.91 Å². The fourth-order valence-electron chi connectivity index (χ4n) is 2.81. The number of aryl methyl sites for hydroxylation is 1. The number of carbonyl (C=O) groups is 1. The summed E-state index contributed by atoms with van der Waals surface area (Å²) in [6, 6.07) is 13.0. The lowest BCUT2D eigenvalue weighted by atomic mass is 10.1. The average Bonchev–Trinajstić information content (AvgIpc) is 3.25. The van der Waals surface area contributed by atoms with E-state index in [9.17, 15) is 4.79 Å². The third-order valence-corrected chi connectivity index (χ3v) is 4.44. The van der Waals surface area contributed by atoms with Crippen molar-refractivity contribution in [2.45, 2.75) is 19.4 Å². The minimum Gasteiger partial charge on any atom is -0.497 e. The molecule has 0 unspecified atom stereocenters. The summed E-state index contributed by atoms with van der Waals surface area (Å²) in [5.41, 5.74) is 1.78. The quantitative estimate of drug-likeness (QED) is 0.595. The number of hydrogen-bond donors (Lipinski definition) is 1. The number of nitrogens with one attached hydrogen (secondary N) is 1. The minimum absolute atomic E-state index is 0.0670. The van der Waals surface area contributed by atoms with Crippen LogP contribution in [0.25, 0.3) is 11.3 Å². The smallest absolute Gasteiger partial charge is 0.220 e.